The fraction of sp³-hybridized carbons (Fsp3) is 0.438. The van der Waals surface area contributed by atoms with Gasteiger partial charge in [-0.15, -0.1) is 12.4 Å². The number of fused-ring (bicyclic) bond motifs is 1. The zero-order chi connectivity index (χ0) is 17.0. The van der Waals surface area contributed by atoms with Crippen LogP contribution in [0.1, 0.15) is 20.8 Å². The Kier molecular flexibility index (Phi) is 7.18. The van der Waals surface area contributed by atoms with Crippen molar-refractivity contribution in [3.63, 3.8) is 0 Å². The molecule has 8 heteroatoms. The molecule has 0 radical (unpaired) electrons. The number of nitrogens with one attached hydrogen (secondary N) is 2. The van der Waals surface area contributed by atoms with E-state index in [0.29, 0.717) is 5.69 Å². The fourth-order valence-corrected chi connectivity index (χ4v) is 2.19. The number of halogens is 1. The van der Waals surface area contributed by atoms with Crippen LogP contribution in [0.4, 0.5) is 5.69 Å². The van der Waals surface area contributed by atoms with Crippen molar-refractivity contribution in [3.05, 3.63) is 24.4 Å². The van der Waals surface area contributed by atoms with E-state index < -0.39 is 6.04 Å². The summed E-state index contributed by atoms with van der Waals surface area (Å²) < 4.78 is 1.86. The average molecular weight is 354 g/mol. The van der Waals surface area contributed by atoms with Crippen LogP contribution < -0.4 is 16.4 Å². The van der Waals surface area contributed by atoms with Crippen molar-refractivity contribution in [2.24, 2.45) is 11.7 Å². The minimum Gasteiger partial charge on any atom is -0.346 e. The second kappa shape index (κ2) is 8.65. The summed E-state index contributed by atoms with van der Waals surface area (Å²) in [4.78, 5) is 23.7. The highest BCUT2D eigenvalue weighted by Crippen LogP contribution is 2.18. The van der Waals surface area contributed by atoms with Crippen LogP contribution in [0.3, 0.4) is 0 Å². The predicted molar refractivity (Wildman–Crippen MR) is 97.1 cm³/mol. The minimum atomic E-state index is -0.613. The summed E-state index contributed by atoms with van der Waals surface area (Å²) in [5.41, 5.74) is 7.35. The van der Waals surface area contributed by atoms with Gasteiger partial charge in [0.25, 0.3) is 0 Å². The van der Waals surface area contributed by atoms with Crippen molar-refractivity contribution in [2.75, 3.05) is 11.9 Å². The molecule has 1 heterocycles. The Morgan fingerprint density at radius 2 is 2.04 bits per heavy atom. The Balaban J connectivity index is 0.00000288. The van der Waals surface area contributed by atoms with Crippen LogP contribution in [0.25, 0.3) is 10.9 Å². The van der Waals surface area contributed by atoms with E-state index in [1.165, 1.54) is 0 Å². The third-order valence-electron chi connectivity index (χ3n) is 3.67. The molecule has 0 aliphatic carbocycles. The molecule has 2 rings (SSSR count). The summed E-state index contributed by atoms with van der Waals surface area (Å²) in [5.74, 6) is -0.597. The first kappa shape index (κ1) is 19.9. The van der Waals surface area contributed by atoms with Gasteiger partial charge in [-0.2, -0.15) is 5.10 Å². The third kappa shape index (κ3) is 4.69. The van der Waals surface area contributed by atoms with Crippen LogP contribution >= 0.6 is 12.4 Å². The zero-order valence-electron chi connectivity index (χ0n) is 14.1. The molecule has 2 amide bonds. The highest BCUT2D eigenvalue weighted by molar-refractivity contribution is 5.96. The SMILES string of the molecule is CCn1ncc2ccc(NC(=O)CNC(=O)[C@@H](N)C(C)C)cc21.Cl. The maximum absolute atomic E-state index is 11.9. The van der Waals surface area contributed by atoms with Crippen molar-refractivity contribution in [2.45, 2.75) is 33.4 Å². The highest BCUT2D eigenvalue weighted by Gasteiger charge is 2.17. The number of rotatable bonds is 6. The Bertz CT molecular complexity index is 714. The predicted octanol–water partition coefficient (Wildman–Crippen LogP) is 1.52. The van der Waals surface area contributed by atoms with Gasteiger partial charge in [-0.05, 0) is 31.0 Å². The number of carbonyl (C=O) groups excluding carboxylic acids is 2. The Hall–Kier alpha value is -2.12. The smallest absolute Gasteiger partial charge is 0.243 e. The molecule has 1 aromatic heterocycles. The summed E-state index contributed by atoms with van der Waals surface area (Å²) in [6.07, 6.45) is 1.79. The summed E-state index contributed by atoms with van der Waals surface area (Å²) in [5, 5.41) is 10.6. The van der Waals surface area contributed by atoms with Crippen LogP contribution in [-0.2, 0) is 16.1 Å². The van der Waals surface area contributed by atoms with E-state index >= 15 is 0 Å². The second-order valence-electron chi connectivity index (χ2n) is 5.77. The Morgan fingerprint density at radius 1 is 1.33 bits per heavy atom. The van der Waals surface area contributed by atoms with Crippen molar-refractivity contribution in [1.82, 2.24) is 15.1 Å². The molecule has 24 heavy (non-hydrogen) atoms. The van der Waals surface area contributed by atoms with E-state index in [1.54, 1.807) is 6.20 Å². The molecule has 0 aliphatic heterocycles. The largest absolute Gasteiger partial charge is 0.346 e. The molecule has 0 unspecified atom stereocenters. The fourth-order valence-electron chi connectivity index (χ4n) is 2.19. The molecule has 0 fully saturated rings. The van der Waals surface area contributed by atoms with E-state index in [9.17, 15) is 9.59 Å². The van der Waals surface area contributed by atoms with Gasteiger partial charge in [-0.25, -0.2) is 0 Å². The van der Waals surface area contributed by atoms with E-state index in [2.05, 4.69) is 15.7 Å². The van der Waals surface area contributed by atoms with E-state index in [-0.39, 0.29) is 36.7 Å². The van der Waals surface area contributed by atoms with Gasteiger partial charge in [0.2, 0.25) is 11.8 Å². The number of amides is 2. The number of nitrogens with two attached hydrogens (primary N) is 1. The molecular formula is C16H24ClN5O2. The molecule has 1 aromatic carbocycles. The first-order valence-electron chi connectivity index (χ1n) is 7.71. The van der Waals surface area contributed by atoms with Crippen molar-refractivity contribution in [3.8, 4) is 0 Å². The highest BCUT2D eigenvalue weighted by atomic mass is 35.5. The van der Waals surface area contributed by atoms with Gasteiger partial charge in [-0.3, -0.25) is 14.3 Å². The van der Waals surface area contributed by atoms with Gasteiger partial charge in [0.05, 0.1) is 24.3 Å². The van der Waals surface area contributed by atoms with Gasteiger partial charge >= 0.3 is 0 Å². The standard InChI is InChI=1S/C16H23N5O2.ClH/c1-4-21-13-7-12(6-5-11(13)8-19-21)20-14(22)9-18-16(23)15(17)10(2)3;/h5-8,10,15H,4,9,17H2,1-3H3,(H,18,23)(H,20,22);1H/t15-;/m0./s1. The quantitative estimate of drug-likeness (QED) is 0.732. The summed E-state index contributed by atoms with van der Waals surface area (Å²) in [6.45, 7) is 6.37. The number of aromatic nitrogens is 2. The number of benzene rings is 1. The number of hydrogen-bond acceptors (Lipinski definition) is 4. The molecule has 1 atom stereocenters. The average Bonchev–Trinajstić information content (AvgIpc) is 2.94. The van der Waals surface area contributed by atoms with Gasteiger partial charge in [0.1, 0.15) is 0 Å². The van der Waals surface area contributed by atoms with Crippen LogP contribution in [0.5, 0.6) is 0 Å². The lowest BCUT2D eigenvalue weighted by Crippen LogP contribution is -2.46. The third-order valence-corrected chi connectivity index (χ3v) is 3.67. The molecule has 0 aliphatic rings. The maximum Gasteiger partial charge on any atom is 0.243 e. The molecule has 0 saturated heterocycles. The van der Waals surface area contributed by atoms with Crippen molar-refractivity contribution < 1.29 is 9.59 Å². The Morgan fingerprint density at radius 3 is 2.67 bits per heavy atom. The molecule has 4 N–H and O–H groups in total. The number of carbonyl (C=O) groups is 2. The van der Waals surface area contributed by atoms with Gasteiger partial charge < -0.3 is 16.4 Å². The lowest BCUT2D eigenvalue weighted by molar-refractivity contribution is -0.125. The molecule has 0 bridgehead atoms. The molecule has 7 nitrogen and oxygen atoms in total. The molecule has 0 spiro atoms. The maximum atomic E-state index is 11.9. The number of anilines is 1. The molecule has 132 valence electrons. The first-order chi connectivity index (χ1) is 10.9. The van der Waals surface area contributed by atoms with Crippen LogP contribution in [-0.4, -0.2) is 34.2 Å². The minimum absolute atomic E-state index is 0. The van der Waals surface area contributed by atoms with Crippen molar-refractivity contribution in [1.29, 1.82) is 0 Å². The van der Waals surface area contributed by atoms with Gasteiger partial charge in [0, 0.05) is 17.6 Å². The van der Waals surface area contributed by atoms with E-state index in [4.69, 9.17) is 5.73 Å². The number of hydrogen-bond donors (Lipinski definition) is 3. The number of nitrogens with zero attached hydrogens (tertiary/aromatic N) is 2. The van der Waals surface area contributed by atoms with Crippen LogP contribution in [0, 0.1) is 5.92 Å². The van der Waals surface area contributed by atoms with Crippen LogP contribution in [0.15, 0.2) is 24.4 Å². The Labute approximate surface area is 147 Å². The molecule has 0 saturated carbocycles. The monoisotopic (exact) mass is 353 g/mol. The van der Waals surface area contributed by atoms with Crippen molar-refractivity contribution >= 4 is 40.8 Å². The van der Waals surface area contributed by atoms with Gasteiger partial charge in [0.15, 0.2) is 0 Å². The lowest BCUT2D eigenvalue weighted by atomic mass is 10.1. The zero-order valence-corrected chi connectivity index (χ0v) is 14.9. The first-order valence-corrected chi connectivity index (χ1v) is 7.71. The van der Waals surface area contributed by atoms with Gasteiger partial charge in [-0.1, -0.05) is 13.8 Å². The molecular weight excluding hydrogens is 330 g/mol. The lowest BCUT2D eigenvalue weighted by Gasteiger charge is -2.15. The summed E-state index contributed by atoms with van der Waals surface area (Å²) in [6, 6.07) is 4.96. The number of aryl methyl sites for hydroxylation is 1. The normalized spacial score (nSPS) is 11.9. The van der Waals surface area contributed by atoms with E-state index in [0.717, 1.165) is 17.4 Å². The molecule has 2 aromatic rings. The topological polar surface area (TPSA) is 102 Å². The second-order valence-corrected chi connectivity index (χ2v) is 5.77. The summed E-state index contributed by atoms with van der Waals surface area (Å²) >= 11 is 0. The summed E-state index contributed by atoms with van der Waals surface area (Å²) in [7, 11) is 0. The van der Waals surface area contributed by atoms with E-state index in [1.807, 2.05) is 43.7 Å². The van der Waals surface area contributed by atoms with Crippen LogP contribution in [0.2, 0.25) is 0 Å².